The zero-order valence-electron chi connectivity index (χ0n) is 13.9. The van der Waals surface area contributed by atoms with Crippen LogP contribution in [-0.2, 0) is 5.75 Å². The fourth-order valence-corrected chi connectivity index (χ4v) is 3.06. The Bertz CT molecular complexity index is 653. The highest BCUT2D eigenvalue weighted by Gasteiger charge is 2.10. The number of benzene rings is 2. The number of hydrogen-bond acceptors (Lipinski definition) is 3. The SMILES string of the molecule is CCNC(=O)c1ccc(OCC)c(CSc2ccc(C)cc2)c1. The number of amides is 1. The van der Waals surface area contributed by atoms with Crippen LogP contribution in [0.25, 0.3) is 0 Å². The second-order valence-electron chi connectivity index (χ2n) is 5.22. The van der Waals surface area contributed by atoms with Gasteiger partial charge < -0.3 is 10.1 Å². The third-order valence-electron chi connectivity index (χ3n) is 3.38. The lowest BCUT2D eigenvalue weighted by Crippen LogP contribution is -2.22. The third-order valence-corrected chi connectivity index (χ3v) is 4.44. The molecule has 2 rings (SSSR count). The first kappa shape index (κ1) is 17.4. The average molecular weight is 329 g/mol. The lowest BCUT2D eigenvalue weighted by Gasteiger charge is -2.12. The van der Waals surface area contributed by atoms with E-state index < -0.39 is 0 Å². The lowest BCUT2D eigenvalue weighted by molar-refractivity contribution is 0.0955. The van der Waals surface area contributed by atoms with Gasteiger partial charge >= 0.3 is 0 Å². The zero-order chi connectivity index (χ0) is 16.7. The molecule has 1 N–H and O–H groups in total. The quantitative estimate of drug-likeness (QED) is 0.763. The van der Waals surface area contributed by atoms with Gasteiger partial charge in [0.05, 0.1) is 6.61 Å². The Balaban J connectivity index is 2.17. The number of carbonyl (C=O) groups excluding carboxylic acids is 1. The molecule has 0 radical (unpaired) electrons. The van der Waals surface area contributed by atoms with Crippen molar-refractivity contribution >= 4 is 17.7 Å². The molecule has 0 saturated carbocycles. The van der Waals surface area contributed by atoms with Gasteiger partial charge in [0, 0.05) is 28.3 Å². The molecule has 2 aromatic carbocycles. The van der Waals surface area contributed by atoms with Gasteiger partial charge in [-0.25, -0.2) is 0 Å². The Hall–Kier alpha value is -1.94. The maximum Gasteiger partial charge on any atom is 0.251 e. The third kappa shape index (κ3) is 5.03. The Morgan fingerprint density at radius 3 is 2.52 bits per heavy atom. The Kier molecular flexibility index (Phi) is 6.53. The van der Waals surface area contributed by atoms with E-state index in [-0.39, 0.29) is 5.91 Å². The molecule has 3 nitrogen and oxygen atoms in total. The van der Waals surface area contributed by atoms with E-state index in [9.17, 15) is 4.79 Å². The van der Waals surface area contributed by atoms with Gasteiger partial charge in [-0.2, -0.15) is 0 Å². The first-order valence-electron chi connectivity index (χ1n) is 7.87. The first-order chi connectivity index (χ1) is 11.1. The number of hydrogen-bond donors (Lipinski definition) is 1. The summed E-state index contributed by atoms with van der Waals surface area (Å²) in [7, 11) is 0. The molecule has 0 aliphatic carbocycles. The number of rotatable bonds is 7. The first-order valence-corrected chi connectivity index (χ1v) is 8.86. The van der Waals surface area contributed by atoms with Crippen LogP contribution < -0.4 is 10.1 Å². The summed E-state index contributed by atoms with van der Waals surface area (Å²) in [5.41, 5.74) is 2.97. The summed E-state index contributed by atoms with van der Waals surface area (Å²) in [6, 6.07) is 14.1. The molecule has 23 heavy (non-hydrogen) atoms. The van der Waals surface area contributed by atoms with Crippen LogP contribution in [0.15, 0.2) is 47.4 Å². The molecule has 0 fully saturated rings. The highest BCUT2D eigenvalue weighted by molar-refractivity contribution is 7.98. The number of aryl methyl sites for hydroxylation is 1. The summed E-state index contributed by atoms with van der Waals surface area (Å²) in [6.45, 7) is 7.20. The average Bonchev–Trinajstić information content (AvgIpc) is 2.56. The molecule has 0 spiro atoms. The number of nitrogens with one attached hydrogen (secondary N) is 1. The molecule has 122 valence electrons. The highest BCUT2D eigenvalue weighted by Crippen LogP contribution is 2.29. The molecular formula is C19H23NO2S. The van der Waals surface area contributed by atoms with Crippen molar-refractivity contribution in [2.45, 2.75) is 31.4 Å². The molecule has 0 bridgehead atoms. The van der Waals surface area contributed by atoms with E-state index in [4.69, 9.17) is 4.74 Å². The molecule has 0 aliphatic heterocycles. The molecule has 0 saturated heterocycles. The van der Waals surface area contributed by atoms with E-state index in [2.05, 4.69) is 36.5 Å². The van der Waals surface area contributed by atoms with Gasteiger partial charge in [-0.05, 0) is 51.1 Å². The monoisotopic (exact) mass is 329 g/mol. The van der Waals surface area contributed by atoms with Crippen molar-refractivity contribution in [1.29, 1.82) is 0 Å². The Morgan fingerprint density at radius 1 is 1.13 bits per heavy atom. The molecule has 0 aromatic heterocycles. The topological polar surface area (TPSA) is 38.3 Å². The highest BCUT2D eigenvalue weighted by atomic mass is 32.2. The van der Waals surface area contributed by atoms with Crippen molar-refractivity contribution < 1.29 is 9.53 Å². The number of carbonyl (C=O) groups is 1. The van der Waals surface area contributed by atoms with Gasteiger partial charge in [0.1, 0.15) is 5.75 Å². The summed E-state index contributed by atoms with van der Waals surface area (Å²) < 4.78 is 5.69. The van der Waals surface area contributed by atoms with Crippen molar-refractivity contribution in [2.75, 3.05) is 13.2 Å². The molecule has 2 aromatic rings. The van der Waals surface area contributed by atoms with Crippen molar-refractivity contribution in [3.8, 4) is 5.75 Å². The molecule has 0 heterocycles. The van der Waals surface area contributed by atoms with E-state index in [1.807, 2.05) is 32.0 Å². The lowest BCUT2D eigenvalue weighted by atomic mass is 10.1. The van der Waals surface area contributed by atoms with Crippen LogP contribution in [0.2, 0.25) is 0 Å². The van der Waals surface area contributed by atoms with Gasteiger partial charge in [0.2, 0.25) is 0 Å². The smallest absolute Gasteiger partial charge is 0.251 e. The maximum absolute atomic E-state index is 12.0. The fourth-order valence-electron chi connectivity index (χ4n) is 2.19. The molecule has 4 heteroatoms. The van der Waals surface area contributed by atoms with E-state index in [1.54, 1.807) is 11.8 Å². The van der Waals surface area contributed by atoms with Gasteiger partial charge in [-0.1, -0.05) is 17.7 Å². The van der Waals surface area contributed by atoms with Crippen LogP contribution in [0.5, 0.6) is 5.75 Å². The molecule has 0 unspecified atom stereocenters. The number of thioether (sulfide) groups is 1. The number of ether oxygens (including phenoxy) is 1. The van der Waals surface area contributed by atoms with E-state index >= 15 is 0 Å². The largest absolute Gasteiger partial charge is 0.494 e. The van der Waals surface area contributed by atoms with Gasteiger partial charge in [0.15, 0.2) is 0 Å². The Labute approximate surface area is 142 Å². The van der Waals surface area contributed by atoms with Crippen molar-refractivity contribution in [3.05, 3.63) is 59.2 Å². The minimum absolute atomic E-state index is 0.0443. The second-order valence-corrected chi connectivity index (χ2v) is 6.27. The van der Waals surface area contributed by atoms with Gasteiger partial charge in [-0.15, -0.1) is 11.8 Å². The van der Waals surface area contributed by atoms with Crippen molar-refractivity contribution in [2.24, 2.45) is 0 Å². The predicted octanol–water partition coefficient (Wildman–Crippen LogP) is 4.44. The van der Waals surface area contributed by atoms with Crippen LogP contribution in [-0.4, -0.2) is 19.1 Å². The zero-order valence-corrected chi connectivity index (χ0v) is 14.7. The van der Waals surface area contributed by atoms with Gasteiger partial charge in [0.25, 0.3) is 5.91 Å². The molecular weight excluding hydrogens is 306 g/mol. The Morgan fingerprint density at radius 2 is 1.87 bits per heavy atom. The van der Waals surface area contributed by atoms with Crippen LogP contribution in [0.3, 0.4) is 0 Å². The standard InChI is InChI=1S/C19H23NO2S/c1-4-20-19(21)15-8-11-18(22-5-2)16(12-15)13-23-17-9-6-14(3)7-10-17/h6-12H,4-5,13H2,1-3H3,(H,20,21). The minimum Gasteiger partial charge on any atom is -0.494 e. The maximum atomic E-state index is 12.0. The van der Waals surface area contributed by atoms with Gasteiger partial charge in [-0.3, -0.25) is 4.79 Å². The molecule has 1 amide bonds. The van der Waals surface area contributed by atoms with Crippen LogP contribution in [0, 0.1) is 6.92 Å². The summed E-state index contributed by atoms with van der Waals surface area (Å²) in [5.74, 6) is 1.57. The predicted molar refractivity (Wildman–Crippen MR) is 96.4 cm³/mol. The summed E-state index contributed by atoms with van der Waals surface area (Å²) >= 11 is 1.74. The van der Waals surface area contributed by atoms with Crippen LogP contribution in [0.1, 0.15) is 35.3 Å². The van der Waals surface area contributed by atoms with Crippen molar-refractivity contribution in [3.63, 3.8) is 0 Å². The van der Waals surface area contributed by atoms with E-state index in [0.717, 1.165) is 17.1 Å². The minimum atomic E-state index is -0.0443. The summed E-state index contributed by atoms with van der Waals surface area (Å²) in [5, 5.41) is 2.83. The van der Waals surface area contributed by atoms with Crippen molar-refractivity contribution in [1.82, 2.24) is 5.32 Å². The summed E-state index contributed by atoms with van der Waals surface area (Å²) in [4.78, 5) is 13.2. The normalized spacial score (nSPS) is 10.4. The molecule has 0 atom stereocenters. The summed E-state index contributed by atoms with van der Waals surface area (Å²) in [6.07, 6.45) is 0. The fraction of sp³-hybridized carbons (Fsp3) is 0.316. The second kappa shape index (κ2) is 8.63. The molecule has 0 aliphatic rings. The van der Waals surface area contributed by atoms with E-state index in [1.165, 1.54) is 10.5 Å². The van der Waals surface area contributed by atoms with Crippen LogP contribution in [0.4, 0.5) is 0 Å². The van der Waals surface area contributed by atoms with Crippen LogP contribution >= 0.6 is 11.8 Å². The van der Waals surface area contributed by atoms with E-state index in [0.29, 0.717) is 18.7 Å².